The molecule has 0 aliphatic heterocycles. The second-order valence-electron chi connectivity index (χ2n) is 4.55. The molecule has 1 aromatic heterocycles. The van der Waals surface area contributed by atoms with Crippen molar-refractivity contribution >= 4 is 22.6 Å². The van der Waals surface area contributed by atoms with E-state index in [0.29, 0.717) is 17.2 Å². The number of aromatic nitrogens is 2. The van der Waals surface area contributed by atoms with Crippen molar-refractivity contribution in [2.75, 3.05) is 5.32 Å². The maximum atomic E-state index is 13.8. The molecule has 0 aliphatic carbocycles. The molecule has 3 aromatic rings. The normalized spacial score (nSPS) is 10.7. The molecule has 0 amide bonds. The van der Waals surface area contributed by atoms with Gasteiger partial charge in [-0.25, -0.2) is 9.37 Å². The standard InChI is InChI=1S/C15H13FN4/c1-9(17)18-10-6-7-13-14(8-10)20-15(19-13)11-4-2-3-5-12(11)16/h2-8H,1H3,(H2,17,18)(H,19,20). The van der Waals surface area contributed by atoms with Crippen LogP contribution in [0.25, 0.3) is 22.4 Å². The molecule has 0 atom stereocenters. The summed E-state index contributed by atoms with van der Waals surface area (Å²) >= 11 is 0. The monoisotopic (exact) mass is 268 g/mol. The van der Waals surface area contributed by atoms with Crippen LogP contribution in [0, 0.1) is 11.2 Å². The van der Waals surface area contributed by atoms with E-state index in [0.717, 1.165) is 16.7 Å². The zero-order valence-electron chi connectivity index (χ0n) is 10.9. The van der Waals surface area contributed by atoms with E-state index in [1.54, 1.807) is 25.1 Å². The number of hydrogen-bond acceptors (Lipinski definition) is 2. The average molecular weight is 268 g/mol. The highest BCUT2D eigenvalue weighted by Gasteiger charge is 2.09. The molecule has 20 heavy (non-hydrogen) atoms. The van der Waals surface area contributed by atoms with Crippen LogP contribution < -0.4 is 5.32 Å². The molecule has 100 valence electrons. The van der Waals surface area contributed by atoms with Crippen molar-refractivity contribution in [2.24, 2.45) is 0 Å². The Hall–Kier alpha value is -2.69. The van der Waals surface area contributed by atoms with Gasteiger partial charge in [0.05, 0.1) is 22.4 Å². The van der Waals surface area contributed by atoms with Crippen LogP contribution in [0.3, 0.4) is 0 Å². The third-order valence-corrected chi connectivity index (χ3v) is 2.94. The van der Waals surface area contributed by atoms with E-state index < -0.39 is 0 Å². The van der Waals surface area contributed by atoms with Gasteiger partial charge >= 0.3 is 0 Å². The van der Waals surface area contributed by atoms with E-state index in [9.17, 15) is 4.39 Å². The van der Waals surface area contributed by atoms with Crippen LogP contribution >= 0.6 is 0 Å². The van der Waals surface area contributed by atoms with Gasteiger partial charge in [-0.2, -0.15) is 0 Å². The SMILES string of the molecule is CC(=N)Nc1ccc2[nH]c(-c3ccccc3F)nc2c1. The lowest BCUT2D eigenvalue weighted by Gasteiger charge is -2.02. The van der Waals surface area contributed by atoms with Gasteiger partial charge in [-0.1, -0.05) is 12.1 Å². The van der Waals surface area contributed by atoms with Gasteiger partial charge in [0.15, 0.2) is 0 Å². The summed E-state index contributed by atoms with van der Waals surface area (Å²) in [4.78, 5) is 7.51. The van der Waals surface area contributed by atoms with E-state index in [4.69, 9.17) is 5.41 Å². The molecular weight excluding hydrogens is 255 g/mol. The number of nitrogens with one attached hydrogen (secondary N) is 3. The van der Waals surface area contributed by atoms with Crippen LogP contribution in [-0.2, 0) is 0 Å². The summed E-state index contributed by atoms with van der Waals surface area (Å²) in [5.74, 6) is 0.552. The summed E-state index contributed by atoms with van der Waals surface area (Å²) in [6, 6.07) is 12.1. The third-order valence-electron chi connectivity index (χ3n) is 2.94. The first-order chi connectivity index (χ1) is 9.63. The molecule has 5 heteroatoms. The van der Waals surface area contributed by atoms with Crippen LogP contribution in [0.5, 0.6) is 0 Å². The Morgan fingerprint density at radius 2 is 2.05 bits per heavy atom. The van der Waals surface area contributed by atoms with Crippen LogP contribution in [0.4, 0.5) is 10.1 Å². The van der Waals surface area contributed by atoms with Crippen molar-refractivity contribution in [3.8, 4) is 11.4 Å². The highest BCUT2D eigenvalue weighted by molar-refractivity contribution is 5.93. The van der Waals surface area contributed by atoms with Gasteiger partial charge in [-0.15, -0.1) is 0 Å². The van der Waals surface area contributed by atoms with Crippen LogP contribution in [-0.4, -0.2) is 15.8 Å². The fourth-order valence-electron chi connectivity index (χ4n) is 2.08. The first-order valence-electron chi connectivity index (χ1n) is 6.20. The Morgan fingerprint density at radius 1 is 1.25 bits per heavy atom. The summed E-state index contributed by atoms with van der Waals surface area (Å²) in [5, 5.41) is 10.3. The second-order valence-corrected chi connectivity index (χ2v) is 4.55. The predicted molar refractivity (Wildman–Crippen MR) is 78.5 cm³/mol. The lowest BCUT2D eigenvalue weighted by atomic mass is 10.2. The molecule has 2 aromatic carbocycles. The zero-order valence-corrected chi connectivity index (χ0v) is 10.9. The number of anilines is 1. The van der Waals surface area contributed by atoms with Gasteiger partial charge in [-0.3, -0.25) is 5.41 Å². The van der Waals surface area contributed by atoms with Crippen molar-refractivity contribution in [1.29, 1.82) is 5.41 Å². The molecule has 0 unspecified atom stereocenters. The lowest BCUT2D eigenvalue weighted by molar-refractivity contribution is 0.630. The molecule has 0 radical (unpaired) electrons. The van der Waals surface area contributed by atoms with Gasteiger partial charge in [0.2, 0.25) is 0 Å². The van der Waals surface area contributed by atoms with E-state index in [1.807, 2.05) is 18.2 Å². The fourth-order valence-corrected chi connectivity index (χ4v) is 2.08. The quantitative estimate of drug-likeness (QED) is 0.489. The first-order valence-corrected chi connectivity index (χ1v) is 6.20. The number of hydrogen-bond donors (Lipinski definition) is 3. The van der Waals surface area contributed by atoms with E-state index in [2.05, 4.69) is 15.3 Å². The molecular formula is C15H13FN4. The van der Waals surface area contributed by atoms with Crippen LogP contribution in [0.15, 0.2) is 42.5 Å². The summed E-state index contributed by atoms with van der Waals surface area (Å²) in [5.41, 5.74) is 2.80. The topological polar surface area (TPSA) is 64.6 Å². The predicted octanol–water partition coefficient (Wildman–Crippen LogP) is 3.78. The number of nitrogens with zero attached hydrogens (tertiary/aromatic N) is 1. The van der Waals surface area contributed by atoms with E-state index >= 15 is 0 Å². The molecule has 3 rings (SSSR count). The molecule has 0 aliphatic rings. The number of amidine groups is 1. The Bertz CT molecular complexity index is 791. The molecule has 3 N–H and O–H groups in total. The van der Waals surface area contributed by atoms with Crippen molar-refractivity contribution in [3.63, 3.8) is 0 Å². The lowest BCUT2D eigenvalue weighted by Crippen LogP contribution is -2.04. The highest BCUT2D eigenvalue weighted by Crippen LogP contribution is 2.24. The Kier molecular flexibility index (Phi) is 2.95. The molecule has 0 saturated heterocycles. The van der Waals surface area contributed by atoms with Crippen LogP contribution in [0.2, 0.25) is 0 Å². The summed E-state index contributed by atoms with van der Waals surface area (Å²) in [7, 11) is 0. The zero-order chi connectivity index (χ0) is 14.1. The maximum Gasteiger partial charge on any atom is 0.141 e. The van der Waals surface area contributed by atoms with E-state index in [-0.39, 0.29) is 5.82 Å². The first kappa shape index (κ1) is 12.3. The minimum absolute atomic E-state index is 0.305. The van der Waals surface area contributed by atoms with Crippen molar-refractivity contribution in [2.45, 2.75) is 6.92 Å². The minimum atomic E-state index is -0.305. The number of aromatic amines is 1. The van der Waals surface area contributed by atoms with Gasteiger partial charge in [0, 0.05) is 5.69 Å². The second kappa shape index (κ2) is 4.77. The average Bonchev–Trinajstić information content (AvgIpc) is 2.81. The Balaban J connectivity index is 2.07. The summed E-state index contributed by atoms with van der Waals surface area (Å²) < 4.78 is 13.8. The van der Waals surface area contributed by atoms with Gasteiger partial charge < -0.3 is 10.3 Å². The number of H-pyrrole nitrogens is 1. The summed E-state index contributed by atoms with van der Waals surface area (Å²) in [6.45, 7) is 1.67. The molecule has 0 fully saturated rings. The number of benzene rings is 2. The number of imidazole rings is 1. The minimum Gasteiger partial charge on any atom is -0.344 e. The van der Waals surface area contributed by atoms with Crippen LogP contribution in [0.1, 0.15) is 6.92 Å². The van der Waals surface area contributed by atoms with Gasteiger partial charge in [0.1, 0.15) is 11.6 Å². The fraction of sp³-hybridized carbons (Fsp3) is 0.0667. The molecule has 0 bridgehead atoms. The maximum absolute atomic E-state index is 13.8. The number of halogens is 1. The third kappa shape index (κ3) is 2.25. The largest absolute Gasteiger partial charge is 0.344 e. The number of rotatable bonds is 2. The number of fused-ring (bicyclic) bond motifs is 1. The Morgan fingerprint density at radius 3 is 2.80 bits per heavy atom. The van der Waals surface area contributed by atoms with Crippen molar-refractivity contribution in [1.82, 2.24) is 9.97 Å². The van der Waals surface area contributed by atoms with Gasteiger partial charge in [0.25, 0.3) is 0 Å². The highest BCUT2D eigenvalue weighted by atomic mass is 19.1. The Labute approximate surface area is 115 Å². The molecule has 0 saturated carbocycles. The smallest absolute Gasteiger partial charge is 0.141 e. The summed E-state index contributed by atoms with van der Waals surface area (Å²) in [6.07, 6.45) is 0. The van der Waals surface area contributed by atoms with Gasteiger partial charge in [-0.05, 0) is 37.3 Å². The van der Waals surface area contributed by atoms with Crippen molar-refractivity contribution in [3.05, 3.63) is 48.3 Å². The van der Waals surface area contributed by atoms with E-state index in [1.165, 1.54) is 6.07 Å². The molecule has 0 spiro atoms. The molecule has 1 heterocycles. The van der Waals surface area contributed by atoms with Crippen molar-refractivity contribution < 1.29 is 4.39 Å². The molecule has 4 nitrogen and oxygen atoms in total.